The minimum Gasteiger partial charge on any atom is -0.391 e. The normalized spacial score (nSPS) is 28.8. The molecular weight excluding hydrogens is 677 g/mol. The number of hydrogen-bond acceptors (Lipinski definition) is 4. The van der Waals surface area contributed by atoms with E-state index < -0.39 is 21.9 Å². The average molecular weight is 753 g/mol. The van der Waals surface area contributed by atoms with Crippen LogP contribution in [0.15, 0.2) is 36.8 Å². The summed E-state index contributed by atoms with van der Waals surface area (Å²) < 4.78 is 31.0. The van der Waals surface area contributed by atoms with Crippen molar-refractivity contribution in [3.05, 3.63) is 42.4 Å². The van der Waals surface area contributed by atoms with Gasteiger partial charge in [0.1, 0.15) is 0 Å². The number of hydrogen-bond donors (Lipinski definition) is 2. The van der Waals surface area contributed by atoms with Crippen LogP contribution in [0.5, 0.6) is 0 Å². The standard InChI is InChI=1S/C45H76N4O3S/c46-53(51,52)49-36-29-25-23-21-19-17-15-13-11-9-7-5-3-1-2-4-6-8-10-12-14-16-18-20-22-24-28-34-45(49)35-30-33-41(44(45)50)43-40-32-27-26-31-39(40)42-37-47-38-48(42)43/h26-27,31-32,37-38,41,43-44,50H,1-25,28-30,33-36H2,(H2,46,51,52)/t41-,43-,44+,45?/m0/s1. The highest BCUT2D eigenvalue weighted by Crippen LogP contribution is 2.51. The molecule has 7 nitrogen and oxygen atoms in total. The Balaban J connectivity index is 1.23. The van der Waals surface area contributed by atoms with Crippen molar-refractivity contribution in [1.82, 2.24) is 13.9 Å². The zero-order valence-electron chi connectivity index (χ0n) is 33.4. The average Bonchev–Trinajstić information content (AvgIpc) is 3.74. The lowest BCUT2D eigenvalue weighted by Crippen LogP contribution is -2.64. The van der Waals surface area contributed by atoms with Crippen LogP contribution < -0.4 is 5.14 Å². The van der Waals surface area contributed by atoms with Crippen molar-refractivity contribution in [2.45, 2.75) is 217 Å². The molecule has 0 radical (unpaired) electrons. The molecule has 1 saturated heterocycles. The second-order valence-electron chi connectivity index (χ2n) is 17.2. The van der Waals surface area contributed by atoms with Gasteiger partial charge < -0.3 is 9.67 Å². The van der Waals surface area contributed by atoms with E-state index in [1.54, 1.807) is 4.31 Å². The first-order valence-electron chi connectivity index (χ1n) is 22.5. The van der Waals surface area contributed by atoms with Crippen molar-refractivity contribution in [3.8, 4) is 11.3 Å². The fraction of sp³-hybridized carbons (Fsp3) is 0.800. The van der Waals surface area contributed by atoms with E-state index in [1.165, 1.54) is 147 Å². The summed E-state index contributed by atoms with van der Waals surface area (Å²) in [5.74, 6) is -0.128. The highest BCUT2D eigenvalue weighted by molar-refractivity contribution is 7.86. The van der Waals surface area contributed by atoms with E-state index >= 15 is 0 Å². The van der Waals surface area contributed by atoms with Crippen molar-refractivity contribution < 1.29 is 13.5 Å². The summed E-state index contributed by atoms with van der Waals surface area (Å²) in [5.41, 5.74) is 2.55. The lowest BCUT2D eigenvalue weighted by atomic mass is 9.67. The van der Waals surface area contributed by atoms with E-state index in [-0.39, 0.29) is 12.0 Å². The van der Waals surface area contributed by atoms with Crippen LogP contribution in [-0.2, 0) is 10.2 Å². The molecule has 3 heterocycles. The maximum atomic E-state index is 13.6. The number of aliphatic hydroxyl groups excluding tert-OH is 1. The summed E-state index contributed by atoms with van der Waals surface area (Å²) in [6.07, 6.45) is 40.7. The Kier molecular flexibility index (Phi) is 18.2. The summed E-state index contributed by atoms with van der Waals surface area (Å²) in [6, 6.07) is 8.39. The van der Waals surface area contributed by atoms with Crippen LogP contribution in [0, 0.1) is 5.92 Å². The van der Waals surface area contributed by atoms with E-state index in [0.717, 1.165) is 56.2 Å². The van der Waals surface area contributed by atoms with E-state index in [0.29, 0.717) is 19.4 Å². The van der Waals surface area contributed by atoms with Gasteiger partial charge in [0.05, 0.1) is 35.9 Å². The monoisotopic (exact) mass is 753 g/mol. The molecule has 4 atom stereocenters. The van der Waals surface area contributed by atoms with Crippen molar-refractivity contribution in [2.75, 3.05) is 6.54 Å². The molecule has 1 aromatic heterocycles. The maximum Gasteiger partial charge on any atom is 0.277 e. The summed E-state index contributed by atoms with van der Waals surface area (Å²) in [6.45, 7) is 0.389. The fourth-order valence-corrected chi connectivity index (χ4v) is 11.5. The van der Waals surface area contributed by atoms with Gasteiger partial charge in [-0.05, 0) is 31.2 Å². The van der Waals surface area contributed by atoms with E-state index in [4.69, 9.17) is 5.14 Å². The van der Waals surface area contributed by atoms with Gasteiger partial charge >= 0.3 is 0 Å². The first-order chi connectivity index (χ1) is 25.9. The number of aliphatic hydroxyl groups is 1. The van der Waals surface area contributed by atoms with Gasteiger partial charge in [0, 0.05) is 18.0 Å². The van der Waals surface area contributed by atoms with Gasteiger partial charge in [-0.2, -0.15) is 12.7 Å². The van der Waals surface area contributed by atoms with E-state index in [2.05, 4.69) is 33.8 Å². The van der Waals surface area contributed by atoms with Crippen LogP contribution in [0.4, 0.5) is 0 Å². The molecular formula is C45H76N4O3S. The summed E-state index contributed by atoms with van der Waals surface area (Å²) in [4.78, 5) is 4.49. The highest BCUT2D eigenvalue weighted by Gasteiger charge is 2.54. The fourth-order valence-electron chi connectivity index (χ4n) is 10.4. The molecule has 1 aromatic carbocycles. The summed E-state index contributed by atoms with van der Waals surface area (Å²) in [7, 11) is -4.04. The quantitative estimate of drug-likeness (QED) is 0.319. The number of nitrogens with two attached hydrogens (primary N) is 1. The number of imidazole rings is 1. The molecule has 1 aliphatic carbocycles. The zero-order chi connectivity index (χ0) is 37.2. The first-order valence-corrected chi connectivity index (χ1v) is 24.0. The molecule has 5 rings (SSSR count). The Morgan fingerprint density at radius 3 is 1.55 bits per heavy atom. The maximum absolute atomic E-state index is 13.6. The van der Waals surface area contributed by atoms with Crippen LogP contribution in [0.2, 0.25) is 0 Å². The molecule has 0 bridgehead atoms. The molecule has 3 aliphatic rings. The Bertz CT molecular complexity index is 1410. The molecule has 2 aliphatic heterocycles. The Morgan fingerprint density at radius 1 is 0.623 bits per heavy atom. The van der Waals surface area contributed by atoms with Crippen molar-refractivity contribution in [3.63, 3.8) is 0 Å². The molecule has 0 amide bonds. The van der Waals surface area contributed by atoms with Gasteiger partial charge in [-0.25, -0.2) is 10.1 Å². The first kappa shape index (κ1) is 42.4. The third kappa shape index (κ3) is 12.4. The largest absolute Gasteiger partial charge is 0.391 e. The summed E-state index contributed by atoms with van der Waals surface area (Å²) >= 11 is 0. The second-order valence-corrected chi connectivity index (χ2v) is 18.7. The van der Waals surface area contributed by atoms with Crippen molar-refractivity contribution in [1.29, 1.82) is 0 Å². The molecule has 3 N–H and O–H groups in total. The molecule has 2 fully saturated rings. The smallest absolute Gasteiger partial charge is 0.277 e. The number of rotatable bonds is 2. The minimum atomic E-state index is -4.04. The van der Waals surface area contributed by atoms with E-state index in [9.17, 15) is 13.5 Å². The van der Waals surface area contributed by atoms with Gasteiger partial charge in [0.15, 0.2) is 0 Å². The summed E-state index contributed by atoms with van der Waals surface area (Å²) in [5, 5.41) is 18.8. The van der Waals surface area contributed by atoms with Crippen LogP contribution in [0.25, 0.3) is 11.3 Å². The minimum absolute atomic E-state index is 0.0676. The number of fused-ring (bicyclic) bond motifs is 3. The third-order valence-corrected chi connectivity index (χ3v) is 14.5. The van der Waals surface area contributed by atoms with Crippen LogP contribution in [0.1, 0.15) is 211 Å². The molecule has 1 unspecified atom stereocenters. The predicted molar refractivity (Wildman–Crippen MR) is 221 cm³/mol. The number of aromatic nitrogens is 2. The lowest BCUT2D eigenvalue weighted by Gasteiger charge is -2.52. The third-order valence-electron chi connectivity index (χ3n) is 13.3. The molecule has 2 aromatic rings. The van der Waals surface area contributed by atoms with Gasteiger partial charge in [-0.3, -0.25) is 0 Å². The van der Waals surface area contributed by atoms with Crippen molar-refractivity contribution >= 4 is 10.2 Å². The molecule has 53 heavy (non-hydrogen) atoms. The Morgan fingerprint density at radius 2 is 1.06 bits per heavy atom. The van der Waals surface area contributed by atoms with Gasteiger partial charge in [0.2, 0.25) is 0 Å². The predicted octanol–water partition coefficient (Wildman–Crippen LogP) is 11.8. The molecule has 1 saturated carbocycles. The van der Waals surface area contributed by atoms with E-state index in [1.807, 2.05) is 12.5 Å². The van der Waals surface area contributed by atoms with Gasteiger partial charge in [0.25, 0.3) is 10.2 Å². The van der Waals surface area contributed by atoms with Crippen LogP contribution in [0.3, 0.4) is 0 Å². The molecule has 1 spiro atoms. The Hall–Kier alpha value is -1.74. The van der Waals surface area contributed by atoms with Crippen molar-refractivity contribution in [2.24, 2.45) is 11.1 Å². The zero-order valence-corrected chi connectivity index (χ0v) is 34.2. The van der Waals surface area contributed by atoms with Gasteiger partial charge in [-0.15, -0.1) is 0 Å². The molecule has 300 valence electrons. The number of nitrogens with zero attached hydrogens (tertiary/aromatic N) is 3. The number of benzene rings is 1. The lowest BCUT2D eigenvalue weighted by molar-refractivity contribution is -0.0731. The van der Waals surface area contributed by atoms with Crippen LogP contribution in [-0.4, -0.2) is 45.6 Å². The van der Waals surface area contributed by atoms with Crippen LogP contribution >= 0.6 is 0 Å². The van der Waals surface area contributed by atoms with Gasteiger partial charge in [-0.1, -0.05) is 198 Å². The topological polar surface area (TPSA) is 101 Å². The Labute approximate surface area is 324 Å². The highest BCUT2D eigenvalue weighted by atomic mass is 32.2. The second kappa shape index (κ2) is 22.7. The SMILES string of the molecule is NS(=O)(=O)N1CCCCCCCCCCCCCCCCCCCCCCCCCCCCCC12CCC[C@@H]([C@@H]1c3ccccc3-c3cncn31)[C@H]2O. The molecule has 8 heteroatoms.